The molecule has 0 spiro atoms. The van der Waals surface area contributed by atoms with Crippen LogP contribution in [0.3, 0.4) is 0 Å². The van der Waals surface area contributed by atoms with Gasteiger partial charge < -0.3 is 20.1 Å². The van der Waals surface area contributed by atoms with Crippen molar-refractivity contribution in [1.82, 2.24) is 5.32 Å². The van der Waals surface area contributed by atoms with Gasteiger partial charge in [0.2, 0.25) is 5.91 Å². The number of hydrogen-bond acceptors (Lipinski definition) is 5. The van der Waals surface area contributed by atoms with Gasteiger partial charge in [0.05, 0.1) is 19.2 Å². The predicted octanol–water partition coefficient (Wildman–Crippen LogP) is 1.92. The van der Waals surface area contributed by atoms with E-state index in [9.17, 15) is 23.2 Å². The summed E-state index contributed by atoms with van der Waals surface area (Å²) in [6, 6.07) is 7.38. The number of methoxy groups -OCH3 is 1. The molecule has 2 amide bonds. The smallest absolute Gasteiger partial charge is 0.258 e. The van der Waals surface area contributed by atoms with Crippen molar-refractivity contribution >= 4 is 23.8 Å². The highest BCUT2D eigenvalue weighted by molar-refractivity contribution is 5.94. The quantitative estimate of drug-likeness (QED) is 0.685. The van der Waals surface area contributed by atoms with Gasteiger partial charge in [0.1, 0.15) is 11.5 Å². The zero-order valence-corrected chi connectivity index (χ0v) is 14.3. The summed E-state index contributed by atoms with van der Waals surface area (Å²) in [5.41, 5.74) is 0.261. The van der Waals surface area contributed by atoms with E-state index < -0.39 is 36.6 Å². The standard InChI is InChI=1S/C18H16F2N2O5/c1-26-13-3-5-16(11(6-13)9-23)27-10-18(25)21-8-17(24)22-12-2-4-14(19)15(20)7-12/h2-7,9H,8,10H2,1H3,(H,21,25)(H,22,24). The van der Waals surface area contributed by atoms with Gasteiger partial charge in [0.15, 0.2) is 24.5 Å². The van der Waals surface area contributed by atoms with Crippen molar-refractivity contribution in [3.05, 3.63) is 53.6 Å². The molecule has 0 atom stereocenters. The molecule has 2 rings (SSSR count). The zero-order chi connectivity index (χ0) is 19.8. The number of halogens is 2. The molecule has 0 aliphatic carbocycles. The largest absolute Gasteiger partial charge is 0.497 e. The van der Waals surface area contributed by atoms with Crippen LogP contribution in [0.5, 0.6) is 11.5 Å². The molecule has 27 heavy (non-hydrogen) atoms. The Bertz CT molecular complexity index is 858. The fourth-order valence-corrected chi connectivity index (χ4v) is 2.03. The van der Waals surface area contributed by atoms with Crippen LogP contribution < -0.4 is 20.1 Å². The predicted molar refractivity (Wildman–Crippen MR) is 91.9 cm³/mol. The highest BCUT2D eigenvalue weighted by Gasteiger charge is 2.10. The zero-order valence-electron chi connectivity index (χ0n) is 14.3. The Morgan fingerprint density at radius 1 is 1.07 bits per heavy atom. The molecule has 0 unspecified atom stereocenters. The van der Waals surface area contributed by atoms with Gasteiger partial charge in [-0.25, -0.2) is 8.78 Å². The monoisotopic (exact) mass is 378 g/mol. The van der Waals surface area contributed by atoms with Crippen molar-refractivity contribution in [2.24, 2.45) is 0 Å². The number of amides is 2. The number of nitrogens with one attached hydrogen (secondary N) is 2. The summed E-state index contributed by atoms with van der Waals surface area (Å²) in [5, 5.41) is 4.61. The van der Waals surface area contributed by atoms with E-state index in [1.54, 1.807) is 6.07 Å². The van der Waals surface area contributed by atoms with Crippen molar-refractivity contribution in [1.29, 1.82) is 0 Å². The number of anilines is 1. The Balaban J connectivity index is 1.81. The molecule has 0 aliphatic rings. The average molecular weight is 378 g/mol. The maximum absolute atomic E-state index is 13.1. The summed E-state index contributed by atoms with van der Waals surface area (Å²) in [6.45, 7) is -0.823. The highest BCUT2D eigenvalue weighted by atomic mass is 19.2. The molecule has 7 nitrogen and oxygen atoms in total. The van der Waals surface area contributed by atoms with Crippen LogP contribution in [0.4, 0.5) is 14.5 Å². The van der Waals surface area contributed by atoms with E-state index in [0.717, 1.165) is 12.1 Å². The summed E-state index contributed by atoms with van der Waals surface area (Å²) in [5.74, 6) is -2.73. The minimum absolute atomic E-state index is 0.0539. The summed E-state index contributed by atoms with van der Waals surface area (Å²) in [6.07, 6.45) is 0.561. The SMILES string of the molecule is COc1ccc(OCC(=O)NCC(=O)Nc2ccc(F)c(F)c2)c(C=O)c1. The van der Waals surface area contributed by atoms with E-state index in [2.05, 4.69) is 10.6 Å². The molecule has 9 heteroatoms. The van der Waals surface area contributed by atoms with Gasteiger partial charge in [-0.05, 0) is 30.3 Å². The maximum atomic E-state index is 13.1. The molecule has 2 aromatic rings. The van der Waals surface area contributed by atoms with E-state index in [1.807, 2.05) is 0 Å². The molecule has 0 fully saturated rings. The molecule has 0 aromatic heterocycles. The number of rotatable bonds is 8. The highest BCUT2D eigenvalue weighted by Crippen LogP contribution is 2.22. The number of carbonyl (C=O) groups is 3. The second-order valence-electron chi connectivity index (χ2n) is 5.26. The van der Waals surface area contributed by atoms with Gasteiger partial charge in [0, 0.05) is 11.8 Å². The minimum Gasteiger partial charge on any atom is -0.497 e. The van der Waals surface area contributed by atoms with E-state index in [0.29, 0.717) is 12.0 Å². The van der Waals surface area contributed by atoms with Crippen molar-refractivity contribution < 1.29 is 32.6 Å². The van der Waals surface area contributed by atoms with Crippen molar-refractivity contribution in [3.8, 4) is 11.5 Å². The first-order valence-corrected chi connectivity index (χ1v) is 7.70. The lowest BCUT2D eigenvalue weighted by Gasteiger charge is -2.10. The van der Waals surface area contributed by atoms with Crippen molar-refractivity contribution in [3.63, 3.8) is 0 Å². The number of benzene rings is 2. The first-order valence-electron chi connectivity index (χ1n) is 7.70. The molecule has 0 saturated heterocycles. The summed E-state index contributed by atoms with van der Waals surface area (Å²) >= 11 is 0. The Morgan fingerprint density at radius 2 is 1.85 bits per heavy atom. The minimum atomic E-state index is -1.10. The summed E-state index contributed by atoms with van der Waals surface area (Å²) in [7, 11) is 1.45. The lowest BCUT2D eigenvalue weighted by atomic mass is 10.2. The van der Waals surface area contributed by atoms with Crippen LogP contribution in [-0.2, 0) is 9.59 Å². The third-order valence-electron chi connectivity index (χ3n) is 3.35. The van der Waals surface area contributed by atoms with Crippen LogP contribution >= 0.6 is 0 Å². The number of aldehydes is 1. The first-order chi connectivity index (χ1) is 12.9. The van der Waals surface area contributed by atoms with Gasteiger partial charge >= 0.3 is 0 Å². The molecule has 0 bridgehead atoms. The van der Waals surface area contributed by atoms with E-state index in [4.69, 9.17) is 9.47 Å². The Hall–Kier alpha value is -3.49. The Morgan fingerprint density at radius 3 is 2.52 bits per heavy atom. The van der Waals surface area contributed by atoms with Crippen molar-refractivity contribution in [2.75, 3.05) is 25.6 Å². The van der Waals surface area contributed by atoms with E-state index in [1.165, 1.54) is 25.3 Å². The molecule has 142 valence electrons. The lowest BCUT2D eigenvalue weighted by molar-refractivity contribution is -0.125. The third kappa shape index (κ3) is 5.77. The van der Waals surface area contributed by atoms with Gasteiger partial charge in [-0.1, -0.05) is 0 Å². The van der Waals surface area contributed by atoms with E-state index in [-0.39, 0.29) is 17.0 Å². The van der Waals surface area contributed by atoms with Gasteiger partial charge in [-0.3, -0.25) is 14.4 Å². The number of carbonyl (C=O) groups excluding carboxylic acids is 3. The fraction of sp³-hybridized carbons (Fsp3) is 0.167. The van der Waals surface area contributed by atoms with Crippen LogP contribution in [0.1, 0.15) is 10.4 Å². The molecule has 0 saturated carbocycles. The van der Waals surface area contributed by atoms with Crippen LogP contribution in [0, 0.1) is 11.6 Å². The Kier molecular flexibility index (Phi) is 6.81. The van der Waals surface area contributed by atoms with Crippen LogP contribution in [0.15, 0.2) is 36.4 Å². The topological polar surface area (TPSA) is 93.7 Å². The molecule has 0 heterocycles. The van der Waals surface area contributed by atoms with Crippen LogP contribution in [-0.4, -0.2) is 38.4 Å². The molecule has 0 radical (unpaired) electrons. The second kappa shape index (κ2) is 9.27. The number of ether oxygens (including phenoxy) is 2. The van der Waals surface area contributed by atoms with Gasteiger partial charge in [-0.15, -0.1) is 0 Å². The maximum Gasteiger partial charge on any atom is 0.258 e. The van der Waals surface area contributed by atoms with Gasteiger partial charge in [0.25, 0.3) is 5.91 Å². The van der Waals surface area contributed by atoms with E-state index >= 15 is 0 Å². The molecular weight excluding hydrogens is 362 g/mol. The molecule has 2 N–H and O–H groups in total. The average Bonchev–Trinajstić information content (AvgIpc) is 2.67. The van der Waals surface area contributed by atoms with Gasteiger partial charge in [-0.2, -0.15) is 0 Å². The molecular formula is C18H16F2N2O5. The first kappa shape index (κ1) is 19.8. The Labute approximate surface area is 153 Å². The number of hydrogen-bond donors (Lipinski definition) is 2. The second-order valence-corrected chi connectivity index (χ2v) is 5.26. The molecule has 0 aliphatic heterocycles. The third-order valence-corrected chi connectivity index (χ3v) is 3.35. The normalized spacial score (nSPS) is 10.0. The van der Waals surface area contributed by atoms with Crippen LogP contribution in [0.2, 0.25) is 0 Å². The summed E-state index contributed by atoms with van der Waals surface area (Å²) in [4.78, 5) is 34.5. The molecule has 2 aromatic carbocycles. The summed E-state index contributed by atoms with van der Waals surface area (Å²) < 4.78 is 36.1. The lowest BCUT2D eigenvalue weighted by Crippen LogP contribution is -2.35. The van der Waals surface area contributed by atoms with Crippen molar-refractivity contribution in [2.45, 2.75) is 0 Å². The van der Waals surface area contributed by atoms with Crippen LogP contribution in [0.25, 0.3) is 0 Å². The fourth-order valence-electron chi connectivity index (χ4n) is 2.03.